The van der Waals surface area contributed by atoms with Gasteiger partial charge in [-0.15, -0.1) is 0 Å². The van der Waals surface area contributed by atoms with Crippen LogP contribution in [0.25, 0.3) is 0 Å². The monoisotopic (exact) mass is 285 g/mol. The number of benzene rings is 2. The molecule has 110 valence electrons. The zero-order chi connectivity index (χ0) is 14.8. The van der Waals surface area contributed by atoms with Gasteiger partial charge in [0, 0.05) is 17.3 Å². The second-order valence-corrected chi connectivity index (χ2v) is 5.79. The minimum atomic E-state index is -0.490. The zero-order valence-corrected chi connectivity index (χ0v) is 12.1. The fraction of sp³-hybridized carbons (Fsp3) is 0.333. The lowest BCUT2D eigenvalue weighted by atomic mass is 9.75. The standard InChI is InChI=1S/C18H20FNO/c1-12(21)15-6-3-5-9-18(15)20-14-10-13(11-14)16-7-2-4-8-17(16)19/h2-9,12-14,20-21H,10-11H2,1H3. The van der Waals surface area contributed by atoms with E-state index in [2.05, 4.69) is 5.32 Å². The van der Waals surface area contributed by atoms with Crippen LogP contribution in [0.2, 0.25) is 0 Å². The van der Waals surface area contributed by atoms with Crippen LogP contribution in [0.4, 0.5) is 10.1 Å². The summed E-state index contributed by atoms with van der Waals surface area (Å²) in [6.45, 7) is 1.77. The Kier molecular flexibility index (Phi) is 3.93. The summed E-state index contributed by atoms with van der Waals surface area (Å²) >= 11 is 0. The molecule has 1 aliphatic carbocycles. The predicted molar refractivity (Wildman–Crippen MR) is 82.9 cm³/mol. The first-order valence-corrected chi connectivity index (χ1v) is 7.43. The Hall–Kier alpha value is -1.87. The van der Waals surface area contributed by atoms with Crippen molar-refractivity contribution in [3.05, 3.63) is 65.5 Å². The summed E-state index contributed by atoms with van der Waals surface area (Å²) in [6, 6.07) is 15.2. The molecule has 0 aromatic heterocycles. The molecule has 2 N–H and O–H groups in total. The number of para-hydroxylation sites is 1. The van der Waals surface area contributed by atoms with E-state index >= 15 is 0 Å². The summed E-state index contributed by atoms with van der Waals surface area (Å²) in [4.78, 5) is 0. The van der Waals surface area contributed by atoms with Crippen LogP contribution in [0.3, 0.4) is 0 Å². The van der Waals surface area contributed by atoms with E-state index in [1.165, 1.54) is 6.07 Å². The normalized spacial score (nSPS) is 22.4. The second-order valence-electron chi connectivity index (χ2n) is 5.79. The molecule has 0 heterocycles. The topological polar surface area (TPSA) is 32.3 Å². The van der Waals surface area contributed by atoms with Crippen LogP contribution in [0, 0.1) is 5.82 Å². The number of aliphatic hydroxyl groups is 1. The number of hydrogen-bond acceptors (Lipinski definition) is 2. The summed E-state index contributed by atoms with van der Waals surface area (Å²) in [6.07, 6.45) is 1.36. The van der Waals surface area contributed by atoms with Crippen molar-refractivity contribution >= 4 is 5.69 Å². The lowest BCUT2D eigenvalue weighted by Gasteiger charge is -2.37. The molecular formula is C18H20FNO. The second kappa shape index (κ2) is 5.86. The first kappa shape index (κ1) is 14.1. The van der Waals surface area contributed by atoms with E-state index in [1.54, 1.807) is 13.0 Å². The van der Waals surface area contributed by atoms with Gasteiger partial charge in [0.05, 0.1) is 6.10 Å². The van der Waals surface area contributed by atoms with E-state index in [0.717, 1.165) is 29.7 Å². The van der Waals surface area contributed by atoms with E-state index in [0.29, 0.717) is 12.0 Å². The largest absolute Gasteiger partial charge is 0.389 e. The maximum absolute atomic E-state index is 13.7. The van der Waals surface area contributed by atoms with E-state index in [9.17, 15) is 9.50 Å². The van der Waals surface area contributed by atoms with Gasteiger partial charge in [-0.3, -0.25) is 0 Å². The molecule has 0 saturated heterocycles. The smallest absolute Gasteiger partial charge is 0.126 e. The molecule has 3 heteroatoms. The molecule has 0 spiro atoms. The molecule has 1 fully saturated rings. The van der Waals surface area contributed by atoms with Crippen LogP contribution in [0.5, 0.6) is 0 Å². The number of nitrogens with one attached hydrogen (secondary N) is 1. The molecule has 0 amide bonds. The molecule has 2 aromatic carbocycles. The van der Waals surface area contributed by atoms with Crippen molar-refractivity contribution in [2.24, 2.45) is 0 Å². The van der Waals surface area contributed by atoms with Crippen molar-refractivity contribution in [2.75, 3.05) is 5.32 Å². The highest BCUT2D eigenvalue weighted by atomic mass is 19.1. The molecule has 1 saturated carbocycles. The number of hydrogen-bond donors (Lipinski definition) is 2. The Morgan fingerprint density at radius 1 is 1.10 bits per heavy atom. The lowest BCUT2D eigenvalue weighted by Crippen LogP contribution is -2.34. The van der Waals surface area contributed by atoms with Gasteiger partial charge >= 0.3 is 0 Å². The highest BCUT2D eigenvalue weighted by Crippen LogP contribution is 2.40. The third kappa shape index (κ3) is 2.93. The predicted octanol–water partition coefficient (Wildman–Crippen LogP) is 4.24. The van der Waals surface area contributed by atoms with Crippen LogP contribution in [0.15, 0.2) is 48.5 Å². The van der Waals surface area contributed by atoms with Gasteiger partial charge in [-0.25, -0.2) is 4.39 Å². The van der Waals surface area contributed by atoms with Gasteiger partial charge in [-0.1, -0.05) is 36.4 Å². The fourth-order valence-corrected chi connectivity index (χ4v) is 3.01. The van der Waals surface area contributed by atoms with Gasteiger partial charge in [0.1, 0.15) is 5.82 Å². The SMILES string of the molecule is CC(O)c1ccccc1NC1CC(c2ccccc2F)C1. The van der Waals surface area contributed by atoms with Crippen molar-refractivity contribution in [2.45, 2.75) is 37.8 Å². The van der Waals surface area contributed by atoms with Gasteiger partial charge in [0.2, 0.25) is 0 Å². The van der Waals surface area contributed by atoms with Crippen molar-refractivity contribution < 1.29 is 9.50 Å². The quantitative estimate of drug-likeness (QED) is 0.880. The summed E-state index contributed by atoms with van der Waals surface area (Å²) in [7, 11) is 0. The summed E-state index contributed by atoms with van der Waals surface area (Å²) in [5.41, 5.74) is 2.70. The van der Waals surface area contributed by atoms with Gasteiger partial charge in [-0.2, -0.15) is 0 Å². The van der Waals surface area contributed by atoms with Gasteiger partial charge in [0.15, 0.2) is 0 Å². The molecule has 0 radical (unpaired) electrons. The number of anilines is 1. The molecule has 1 aliphatic rings. The molecule has 1 unspecified atom stereocenters. The first-order valence-electron chi connectivity index (χ1n) is 7.43. The first-order chi connectivity index (χ1) is 10.1. The summed E-state index contributed by atoms with van der Waals surface area (Å²) in [5.74, 6) is 0.188. The molecule has 0 aliphatic heterocycles. The van der Waals surface area contributed by atoms with E-state index in [-0.39, 0.29) is 5.82 Å². The fourth-order valence-electron chi connectivity index (χ4n) is 3.01. The molecule has 0 bridgehead atoms. The molecule has 2 nitrogen and oxygen atoms in total. The Labute approximate surface area is 124 Å². The zero-order valence-electron chi connectivity index (χ0n) is 12.1. The van der Waals surface area contributed by atoms with Gasteiger partial charge in [0.25, 0.3) is 0 Å². The van der Waals surface area contributed by atoms with Crippen LogP contribution in [-0.4, -0.2) is 11.1 Å². The molecular weight excluding hydrogens is 265 g/mol. The van der Waals surface area contributed by atoms with Crippen molar-refractivity contribution in [3.63, 3.8) is 0 Å². The van der Waals surface area contributed by atoms with Crippen molar-refractivity contribution in [3.8, 4) is 0 Å². The molecule has 21 heavy (non-hydrogen) atoms. The van der Waals surface area contributed by atoms with E-state index in [1.807, 2.05) is 36.4 Å². The minimum absolute atomic E-state index is 0.106. The van der Waals surface area contributed by atoms with Gasteiger partial charge in [-0.05, 0) is 43.4 Å². The third-order valence-electron chi connectivity index (χ3n) is 4.25. The van der Waals surface area contributed by atoms with Crippen molar-refractivity contribution in [1.82, 2.24) is 0 Å². The van der Waals surface area contributed by atoms with Gasteiger partial charge < -0.3 is 10.4 Å². The lowest BCUT2D eigenvalue weighted by molar-refractivity contribution is 0.199. The Morgan fingerprint density at radius 3 is 2.48 bits per heavy atom. The van der Waals surface area contributed by atoms with Crippen LogP contribution in [0.1, 0.15) is 42.9 Å². The number of aliphatic hydroxyl groups excluding tert-OH is 1. The van der Waals surface area contributed by atoms with E-state index < -0.39 is 6.10 Å². The highest BCUT2D eigenvalue weighted by molar-refractivity contribution is 5.53. The summed E-state index contributed by atoms with van der Waals surface area (Å²) in [5, 5.41) is 13.3. The Morgan fingerprint density at radius 2 is 1.76 bits per heavy atom. The third-order valence-corrected chi connectivity index (χ3v) is 4.25. The van der Waals surface area contributed by atoms with Crippen LogP contribution >= 0.6 is 0 Å². The molecule has 1 atom stereocenters. The van der Waals surface area contributed by atoms with Crippen LogP contribution < -0.4 is 5.32 Å². The number of rotatable bonds is 4. The molecule has 2 aromatic rings. The highest BCUT2D eigenvalue weighted by Gasteiger charge is 2.32. The van der Waals surface area contributed by atoms with Crippen molar-refractivity contribution in [1.29, 1.82) is 0 Å². The van der Waals surface area contributed by atoms with E-state index in [4.69, 9.17) is 0 Å². The average Bonchev–Trinajstić information content (AvgIpc) is 2.44. The maximum Gasteiger partial charge on any atom is 0.126 e. The summed E-state index contributed by atoms with van der Waals surface area (Å²) < 4.78 is 13.7. The Balaban J connectivity index is 1.64. The Bertz CT molecular complexity index is 620. The van der Waals surface area contributed by atoms with Crippen LogP contribution in [-0.2, 0) is 0 Å². The minimum Gasteiger partial charge on any atom is -0.389 e. The average molecular weight is 285 g/mol. The maximum atomic E-state index is 13.7. The molecule has 3 rings (SSSR count). The number of halogens is 1.